The van der Waals surface area contributed by atoms with E-state index in [-0.39, 0.29) is 18.3 Å². The number of aryl methyl sites for hydroxylation is 1. The van der Waals surface area contributed by atoms with Crippen LogP contribution in [0.5, 0.6) is 0 Å². The molecule has 0 fully saturated rings. The van der Waals surface area contributed by atoms with E-state index in [2.05, 4.69) is 10.6 Å². The van der Waals surface area contributed by atoms with Crippen molar-refractivity contribution in [2.24, 2.45) is 12.8 Å². The number of nitrogens with one attached hydrogen (secondary N) is 2. The molecule has 0 bridgehead atoms. The van der Waals surface area contributed by atoms with E-state index in [4.69, 9.17) is 5.73 Å². The molecular formula is C10H17ClN4O2. The standard InChI is InChI=1S/C10H16N4O2.ClH/c1-12-4-3-9(15)13-7-5-8(10(11)16)14(2)6-7;/h5-6,12H,3-4H2,1-2H3,(H2,11,16)(H,13,15);1H. The lowest BCUT2D eigenvalue weighted by molar-refractivity contribution is -0.116. The summed E-state index contributed by atoms with van der Waals surface area (Å²) in [7, 11) is 3.48. The molecule has 0 atom stereocenters. The Bertz CT molecular complexity index is 403. The predicted molar refractivity (Wildman–Crippen MR) is 68.4 cm³/mol. The van der Waals surface area contributed by atoms with Crippen LogP contribution in [-0.2, 0) is 11.8 Å². The molecule has 1 aromatic rings. The van der Waals surface area contributed by atoms with Gasteiger partial charge in [0.2, 0.25) is 5.91 Å². The molecule has 1 rings (SSSR count). The van der Waals surface area contributed by atoms with Crippen molar-refractivity contribution in [3.8, 4) is 0 Å². The number of amides is 2. The van der Waals surface area contributed by atoms with E-state index in [9.17, 15) is 9.59 Å². The van der Waals surface area contributed by atoms with Crippen molar-refractivity contribution in [2.45, 2.75) is 6.42 Å². The molecule has 6 nitrogen and oxygen atoms in total. The van der Waals surface area contributed by atoms with Crippen LogP contribution in [0.1, 0.15) is 16.9 Å². The van der Waals surface area contributed by atoms with Crippen LogP contribution in [0.25, 0.3) is 0 Å². The van der Waals surface area contributed by atoms with Crippen molar-refractivity contribution in [1.82, 2.24) is 9.88 Å². The van der Waals surface area contributed by atoms with Crippen molar-refractivity contribution in [2.75, 3.05) is 18.9 Å². The second-order valence-corrected chi connectivity index (χ2v) is 3.49. The summed E-state index contributed by atoms with van der Waals surface area (Å²) >= 11 is 0. The lowest BCUT2D eigenvalue weighted by Crippen LogP contribution is -2.18. The molecule has 4 N–H and O–H groups in total. The van der Waals surface area contributed by atoms with Gasteiger partial charge in [0.1, 0.15) is 5.69 Å². The normalized spacial score (nSPS) is 9.53. The van der Waals surface area contributed by atoms with Gasteiger partial charge in [-0.15, -0.1) is 12.4 Å². The summed E-state index contributed by atoms with van der Waals surface area (Å²) in [6.45, 7) is 0.612. The van der Waals surface area contributed by atoms with Crippen molar-refractivity contribution in [3.63, 3.8) is 0 Å². The average Bonchev–Trinajstić information content (AvgIpc) is 2.56. The molecule has 0 unspecified atom stereocenters. The van der Waals surface area contributed by atoms with Gasteiger partial charge in [-0.2, -0.15) is 0 Å². The molecule has 7 heteroatoms. The third-order valence-electron chi connectivity index (χ3n) is 2.14. The zero-order chi connectivity index (χ0) is 12.1. The summed E-state index contributed by atoms with van der Waals surface area (Å²) in [6, 6.07) is 1.56. The maximum atomic E-state index is 11.4. The summed E-state index contributed by atoms with van der Waals surface area (Å²) in [4.78, 5) is 22.4. The number of hydrogen-bond acceptors (Lipinski definition) is 3. The Morgan fingerprint density at radius 3 is 2.59 bits per heavy atom. The molecule has 0 aliphatic rings. The van der Waals surface area contributed by atoms with Gasteiger partial charge in [-0.1, -0.05) is 0 Å². The van der Waals surface area contributed by atoms with Crippen LogP contribution >= 0.6 is 12.4 Å². The lowest BCUT2D eigenvalue weighted by atomic mass is 10.3. The Morgan fingerprint density at radius 2 is 2.12 bits per heavy atom. The Hall–Kier alpha value is -1.53. The molecule has 0 aliphatic carbocycles. The van der Waals surface area contributed by atoms with E-state index in [1.165, 1.54) is 0 Å². The van der Waals surface area contributed by atoms with Crippen molar-refractivity contribution < 1.29 is 9.59 Å². The highest BCUT2D eigenvalue weighted by Crippen LogP contribution is 2.12. The van der Waals surface area contributed by atoms with Gasteiger partial charge >= 0.3 is 0 Å². The Kier molecular flexibility index (Phi) is 6.30. The first-order valence-electron chi connectivity index (χ1n) is 4.95. The van der Waals surface area contributed by atoms with Crippen LogP contribution in [0, 0.1) is 0 Å². The molecule has 0 aliphatic heterocycles. The molecule has 96 valence electrons. The Balaban J connectivity index is 0.00000256. The number of rotatable bonds is 5. The van der Waals surface area contributed by atoms with Crippen LogP contribution in [0.15, 0.2) is 12.3 Å². The fourth-order valence-electron chi connectivity index (χ4n) is 1.34. The summed E-state index contributed by atoms with van der Waals surface area (Å²) in [5.41, 5.74) is 6.10. The minimum Gasteiger partial charge on any atom is -0.364 e. The zero-order valence-electron chi connectivity index (χ0n) is 9.82. The van der Waals surface area contributed by atoms with E-state index < -0.39 is 5.91 Å². The molecule has 0 radical (unpaired) electrons. The minimum absolute atomic E-state index is 0. The zero-order valence-corrected chi connectivity index (χ0v) is 10.6. The number of nitrogens with two attached hydrogens (primary N) is 1. The van der Waals surface area contributed by atoms with Gasteiger partial charge in [-0.25, -0.2) is 0 Å². The predicted octanol–water partition coefficient (Wildman–Crippen LogP) is 0.0938. The third kappa shape index (κ3) is 4.46. The van der Waals surface area contributed by atoms with Crippen molar-refractivity contribution in [3.05, 3.63) is 18.0 Å². The number of halogens is 1. The molecule has 0 saturated carbocycles. The number of anilines is 1. The smallest absolute Gasteiger partial charge is 0.265 e. The Morgan fingerprint density at radius 1 is 1.47 bits per heavy atom. The molecule has 17 heavy (non-hydrogen) atoms. The fraction of sp³-hybridized carbons (Fsp3) is 0.400. The van der Waals surface area contributed by atoms with Crippen LogP contribution in [0.2, 0.25) is 0 Å². The number of nitrogens with zero attached hydrogens (tertiary/aromatic N) is 1. The van der Waals surface area contributed by atoms with Crippen molar-refractivity contribution in [1.29, 1.82) is 0 Å². The number of carbonyl (C=O) groups is 2. The second-order valence-electron chi connectivity index (χ2n) is 3.49. The van der Waals surface area contributed by atoms with Gasteiger partial charge in [0.05, 0.1) is 5.69 Å². The van der Waals surface area contributed by atoms with Crippen LogP contribution in [0.3, 0.4) is 0 Å². The quantitative estimate of drug-likeness (QED) is 0.701. The SMILES string of the molecule is CNCCC(=O)Nc1cc(C(N)=O)n(C)c1.Cl. The topological polar surface area (TPSA) is 89.2 Å². The first-order chi connectivity index (χ1) is 7.54. The first-order valence-corrected chi connectivity index (χ1v) is 4.95. The highest BCUT2D eigenvalue weighted by Gasteiger charge is 2.09. The molecule has 0 aromatic carbocycles. The second kappa shape index (κ2) is 6.93. The highest BCUT2D eigenvalue weighted by molar-refractivity contribution is 5.95. The van der Waals surface area contributed by atoms with E-state index in [1.54, 1.807) is 30.9 Å². The molecule has 0 spiro atoms. The third-order valence-corrected chi connectivity index (χ3v) is 2.14. The van der Waals surface area contributed by atoms with Gasteiger partial charge in [0.25, 0.3) is 5.91 Å². The number of aromatic nitrogens is 1. The van der Waals surface area contributed by atoms with E-state index in [0.717, 1.165) is 0 Å². The maximum absolute atomic E-state index is 11.4. The van der Waals surface area contributed by atoms with Crippen LogP contribution < -0.4 is 16.4 Å². The van der Waals surface area contributed by atoms with Gasteiger partial charge in [-0.05, 0) is 13.1 Å². The van der Waals surface area contributed by atoms with E-state index in [1.807, 2.05) is 0 Å². The summed E-state index contributed by atoms with van der Waals surface area (Å²) < 4.78 is 1.58. The van der Waals surface area contributed by atoms with E-state index >= 15 is 0 Å². The number of hydrogen-bond donors (Lipinski definition) is 3. The van der Waals surface area contributed by atoms with Gasteiger partial charge in [0.15, 0.2) is 0 Å². The monoisotopic (exact) mass is 260 g/mol. The average molecular weight is 261 g/mol. The molecule has 1 aromatic heterocycles. The lowest BCUT2D eigenvalue weighted by Gasteiger charge is -2.01. The molecular weight excluding hydrogens is 244 g/mol. The number of carbonyl (C=O) groups excluding carboxylic acids is 2. The number of primary amides is 1. The fourth-order valence-corrected chi connectivity index (χ4v) is 1.34. The van der Waals surface area contributed by atoms with Gasteiger partial charge in [0, 0.05) is 26.2 Å². The van der Waals surface area contributed by atoms with E-state index in [0.29, 0.717) is 24.3 Å². The molecule has 0 saturated heterocycles. The summed E-state index contributed by atoms with van der Waals surface area (Å²) in [5.74, 6) is -0.616. The van der Waals surface area contributed by atoms with Crippen LogP contribution in [0.4, 0.5) is 5.69 Å². The first kappa shape index (κ1) is 15.5. The van der Waals surface area contributed by atoms with Gasteiger partial charge < -0.3 is 20.9 Å². The maximum Gasteiger partial charge on any atom is 0.265 e. The van der Waals surface area contributed by atoms with Gasteiger partial charge in [-0.3, -0.25) is 9.59 Å². The molecule has 2 amide bonds. The Labute approximate surface area is 106 Å². The minimum atomic E-state index is -0.516. The van der Waals surface area contributed by atoms with Crippen molar-refractivity contribution >= 4 is 29.9 Å². The molecule has 1 heterocycles. The highest BCUT2D eigenvalue weighted by atomic mass is 35.5. The summed E-state index contributed by atoms with van der Waals surface area (Å²) in [6.07, 6.45) is 2.04. The largest absolute Gasteiger partial charge is 0.364 e. The van der Waals surface area contributed by atoms with Crippen LogP contribution in [-0.4, -0.2) is 30.0 Å². The summed E-state index contributed by atoms with van der Waals surface area (Å²) in [5, 5.41) is 5.56.